The standard InChI is InChI=1S/C13H13N3O2/c1-10(17)15-14-9-12-3-2-8-16(12)11-4-6-13(18)7-5-11/h2-9,18H,1H3,(H,15,17)/b14-9-. The van der Waals surface area contributed by atoms with Crippen LogP contribution in [0.3, 0.4) is 0 Å². The summed E-state index contributed by atoms with van der Waals surface area (Å²) < 4.78 is 1.89. The largest absolute Gasteiger partial charge is 0.508 e. The van der Waals surface area contributed by atoms with Gasteiger partial charge in [0.15, 0.2) is 0 Å². The lowest BCUT2D eigenvalue weighted by Gasteiger charge is -2.06. The van der Waals surface area contributed by atoms with Crippen molar-refractivity contribution in [3.8, 4) is 11.4 Å². The maximum atomic E-state index is 10.7. The Morgan fingerprint density at radius 1 is 1.33 bits per heavy atom. The van der Waals surface area contributed by atoms with E-state index in [1.54, 1.807) is 30.5 Å². The lowest BCUT2D eigenvalue weighted by Crippen LogP contribution is -2.12. The number of rotatable bonds is 3. The highest BCUT2D eigenvalue weighted by Crippen LogP contribution is 2.15. The third-order valence-corrected chi connectivity index (χ3v) is 2.33. The van der Waals surface area contributed by atoms with Gasteiger partial charge in [0.1, 0.15) is 5.75 Å². The average Bonchev–Trinajstić information content (AvgIpc) is 2.78. The van der Waals surface area contributed by atoms with Crippen LogP contribution in [0.25, 0.3) is 5.69 Å². The molecule has 1 heterocycles. The van der Waals surface area contributed by atoms with Crippen LogP contribution in [-0.4, -0.2) is 21.8 Å². The Balaban J connectivity index is 2.24. The van der Waals surface area contributed by atoms with Crippen molar-refractivity contribution in [2.75, 3.05) is 0 Å². The Morgan fingerprint density at radius 3 is 2.72 bits per heavy atom. The van der Waals surface area contributed by atoms with E-state index in [-0.39, 0.29) is 11.7 Å². The summed E-state index contributed by atoms with van der Waals surface area (Å²) in [6, 6.07) is 10.6. The number of aromatic nitrogens is 1. The number of carbonyl (C=O) groups is 1. The van der Waals surface area contributed by atoms with Gasteiger partial charge < -0.3 is 9.67 Å². The molecule has 0 aliphatic heterocycles. The van der Waals surface area contributed by atoms with Crippen LogP contribution in [-0.2, 0) is 4.79 Å². The van der Waals surface area contributed by atoms with Gasteiger partial charge >= 0.3 is 0 Å². The fourth-order valence-corrected chi connectivity index (χ4v) is 1.54. The van der Waals surface area contributed by atoms with E-state index in [0.717, 1.165) is 11.4 Å². The monoisotopic (exact) mass is 243 g/mol. The van der Waals surface area contributed by atoms with Gasteiger partial charge in [-0.05, 0) is 36.4 Å². The molecule has 1 aromatic carbocycles. The van der Waals surface area contributed by atoms with Crippen molar-refractivity contribution in [1.82, 2.24) is 9.99 Å². The molecule has 5 heteroatoms. The molecule has 0 saturated carbocycles. The molecule has 0 atom stereocenters. The first-order chi connectivity index (χ1) is 8.66. The Labute approximate surface area is 104 Å². The second-order valence-corrected chi connectivity index (χ2v) is 3.75. The Morgan fingerprint density at radius 2 is 2.06 bits per heavy atom. The predicted molar refractivity (Wildman–Crippen MR) is 68.8 cm³/mol. The third-order valence-electron chi connectivity index (χ3n) is 2.33. The minimum absolute atomic E-state index is 0.214. The normalized spacial score (nSPS) is 10.7. The van der Waals surface area contributed by atoms with Gasteiger partial charge in [-0.25, -0.2) is 5.43 Å². The van der Waals surface area contributed by atoms with Crippen LogP contribution in [0, 0.1) is 0 Å². The molecule has 0 bridgehead atoms. The van der Waals surface area contributed by atoms with Crippen LogP contribution in [0.1, 0.15) is 12.6 Å². The quantitative estimate of drug-likeness (QED) is 0.636. The molecule has 5 nitrogen and oxygen atoms in total. The molecule has 2 N–H and O–H groups in total. The van der Waals surface area contributed by atoms with Crippen LogP contribution >= 0.6 is 0 Å². The Kier molecular flexibility index (Phi) is 3.43. The summed E-state index contributed by atoms with van der Waals surface area (Å²) in [5.74, 6) is 0.00774. The van der Waals surface area contributed by atoms with Gasteiger partial charge in [-0.3, -0.25) is 4.79 Å². The molecule has 2 rings (SSSR count). The van der Waals surface area contributed by atoms with Crippen molar-refractivity contribution >= 4 is 12.1 Å². The molecular weight excluding hydrogens is 230 g/mol. The minimum atomic E-state index is -0.214. The fraction of sp³-hybridized carbons (Fsp3) is 0.0769. The van der Waals surface area contributed by atoms with Crippen molar-refractivity contribution in [3.05, 3.63) is 48.3 Å². The number of nitrogens with zero attached hydrogens (tertiary/aromatic N) is 2. The maximum absolute atomic E-state index is 10.7. The number of hydrogen-bond donors (Lipinski definition) is 2. The molecule has 0 fully saturated rings. The number of phenols is 1. The summed E-state index contributed by atoms with van der Waals surface area (Å²) in [6.07, 6.45) is 3.44. The summed E-state index contributed by atoms with van der Waals surface area (Å²) >= 11 is 0. The van der Waals surface area contributed by atoms with E-state index < -0.39 is 0 Å². The molecule has 0 aliphatic carbocycles. The highest BCUT2D eigenvalue weighted by molar-refractivity contribution is 5.81. The van der Waals surface area contributed by atoms with Crippen molar-refractivity contribution < 1.29 is 9.90 Å². The van der Waals surface area contributed by atoms with Crippen molar-refractivity contribution in [2.24, 2.45) is 5.10 Å². The second kappa shape index (κ2) is 5.18. The first kappa shape index (κ1) is 11.9. The zero-order chi connectivity index (χ0) is 13.0. The molecule has 1 amide bonds. The van der Waals surface area contributed by atoms with E-state index >= 15 is 0 Å². The number of hydrogen-bond acceptors (Lipinski definition) is 3. The molecule has 92 valence electrons. The average molecular weight is 243 g/mol. The molecule has 0 saturated heterocycles. The molecule has 1 aromatic heterocycles. The lowest BCUT2D eigenvalue weighted by molar-refractivity contribution is -0.118. The summed E-state index contributed by atoms with van der Waals surface area (Å²) in [7, 11) is 0. The maximum Gasteiger partial charge on any atom is 0.236 e. The summed E-state index contributed by atoms with van der Waals surface area (Å²) in [6.45, 7) is 1.40. The smallest absolute Gasteiger partial charge is 0.236 e. The van der Waals surface area contributed by atoms with Crippen LogP contribution in [0.15, 0.2) is 47.7 Å². The van der Waals surface area contributed by atoms with Gasteiger partial charge in [0, 0.05) is 18.8 Å². The van der Waals surface area contributed by atoms with Gasteiger partial charge in [0.2, 0.25) is 5.91 Å². The topological polar surface area (TPSA) is 66.6 Å². The van der Waals surface area contributed by atoms with E-state index in [9.17, 15) is 9.90 Å². The highest BCUT2D eigenvalue weighted by atomic mass is 16.3. The van der Waals surface area contributed by atoms with Gasteiger partial charge in [-0.15, -0.1) is 0 Å². The molecule has 0 radical (unpaired) electrons. The number of hydrazone groups is 1. The van der Waals surface area contributed by atoms with Crippen LogP contribution in [0.4, 0.5) is 0 Å². The highest BCUT2D eigenvalue weighted by Gasteiger charge is 2.01. The molecule has 2 aromatic rings. The summed E-state index contributed by atoms with van der Waals surface area (Å²) in [5, 5.41) is 13.1. The Hall–Kier alpha value is -2.56. The number of benzene rings is 1. The molecule has 0 unspecified atom stereocenters. The second-order valence-electron chi connectivity index (χ2n) is 3.75. The van der Waals surface area contributed by atoms with E-state index in [1.165, 1.54) is 6.92 Å². The van der Waals surface area contributed by atoms with Crippen molar-refractivity contribution in [3.63, 3.8) is 0 Å². The van der Waals surface area contributed by atoms with E-state index in [0.29, 0.717) is 0 Å². The predicted octanol–water partition coefficient (Wildman–Crippen LogP) is 1.65. The number of amides is 1. The van der Waals surface area contributed by atoms with E-state index in [4.69, 9.17) is 0 Å². The van der Waals surface area contributed by atoms with Crippen molar-refractivity contribution in [1.29, 1.82) is 0 Å². The Bertz CT molecular complexity index is 570. The summed E-state index contributed by atoms with van der Waals surface area (Å²) in [4.78, 5) is 10.7. The van der Waals surface area contributed by atoms with Gasteiger partial charge in [-0.2, -0.15) is 5.10 Å². The van der Waals surface area contributed by atoms with Crippen molar-refractivity contribution in [2.45, 2.75) is 6.92 Å². The lowest BCUT2D eigenvalue weighted by atomic mass is 10.3. The van der Waals surface area contributed by atoms with Crippen LogP contribution in [0.2, 0.25) is 0 Å². The fourth-order valence-electron chi connectivity index (χ4n) is 1.54. The third kappa shape index (κ3) is 2.76. The number of aromatic hydroxyl groups is 1. The molecule has 18 heavy (non-hydrogen) atoms. The number of phenolic OH excluding ortho intramolecular Hbond substituents is 1. The first-order valence-corrected chi connectivity index (χ1v) is 5.43. The van der Waals surface area contributed by atoms with E-state index in [1.807, 2.05) is 22.9 Å². The molecule has 0 spiro atoms. The van der Waals surface area contributed by atoms with Gasteiger partial charge in [-0.1, -0.05) is 0 Å². The van der Waals surface area contributed by atoms with Gasteiger partial charge in [0.25, 0.3) is 0 Å². The number of carbonyl (C=O) groups excluding carboxylic acids is 1. The van der Waals surface area contributed by atoms with Crippen LogP contribution in [0.5, 0.6) is 5.75 Å². The minimum Gasteiger partial charge on any atom is -0.508 e. The SMILES string of the molecule is CC(=O)N/N=C\c1cccn1-c1ccc(O)cc1. The number of nitrogens with one attached hydrogen (secondary N) is 1. The van der Waals surface area contributed by atoms with Gasteiger partial charge in [0.05, 0.1) is 11.9 Å². The zero-order valence-corrected chi connectivity index (χ0v) is 9.87. The molecular formula is C13H13N3O2. The van der Waals surface area contributed by atoms with E-state index in [2.05, 4.69) is 10.5 Å². The summed E-state index contributed by atoms with van der Waals surface area (Å²) in [5.41, 5.74) is 4.08. The molecule has 0 aliphatic rings. The first-order valence-electron chi connectivity index (χ1n) is 5.43. The van der Waals surface area contributed by atoms with Crippen LogP contribution < -0.4 is 5.43 Å². The zero-order valence-electron chi connectivity index (χ0n) is 9.87.